The molecule has 6 heteroatoms. The summed E-state index contributed by atoms with van der Waals surface area (Å²) in [6, 6.07) is 4.37. The third-order valence-corrected chi connectivity index (χ3v) is 2.84. The molecule has 16 heavy (non-hydrogen) atoms. The fourth-order valence-corrected chi connectivity index (χ4v) is 1.64. The predicted octanol–water partition coefficient (Wildman–Crippen LogP) is 2.71. The summed E-state index contributed by atoms with van der Waals surface area (Å²) in [5.41, 5.74) is 5.97. The lowest BCUT2D eigenvalue weighted by Crippen LogP contribution is -1.97. The average molecular weight is 288 g/mol. The summed E-state index contributed by atoms with van der Waals surface area (Å²) in [7, 11) is 1.63. The first-order chi connectivity index (χ1) is 7.50. The first-order valence-corrected chi connectivity index (χ1v) is 5.23. The van der Waals surface area contributed by atoms with E-state index in [9.17, 15) is 8.78 Å². The number of nitrogen functional groups attached to an aromatic ring is 1. The fourth-order valence-electron chi connectivity index (χ4n) is 1.34. The van der Waals surface area contributed by atoms with E-state index < -0.39 is 11.6 Å². The minimum Gasteiger partial charge on any atom is -0.384 e. The van der Waals surface area contributed by atoms with Crippen molar-refractivity contribution in [1.82, 2.24) is 9.78 Å². The molecule has 1 aromatic heterocycles. The molecule has 0 aliphatic rings. The van der Waals surface area contributed by atoms with Gasteiger partial charge in [-0.05, 0) is 28.1 Å². The van der Waals surface area contributed by atoms with Crippen LogP contribution in [0.3, 0.4) is 0 Å². The van der Waals surface area contributed by atoms with Gasteiger partial charge in [-0.1, -0.05) is 0 Å². The van der Waals surface area contributed by atoms with Gasteiger partial charge in [-0.15, -0.1) is 0 Å². The molecule has 2 aromatic rings. The molecule has 0 amide bonds. The number of aromatic nitrogens is 2. The Balaban J connectivity index is 2.61. The fraction of sp³-hybridized carbons (Fsp3) is 0.100. The van der Waals surface area contributed by atoms with Gasteiger partial charge in [0, 0.05) is 18.7 Å². The molecule has 0 aliphatic carbocycles. The van der Waals surface area contributed by atoms with E-state index in [2.05, 4.69) is 21.0 Å². The molecule has 0 spiro atoms. The Morgan fingerprint density at radius 3 is 2.56 bits per heavy atom. The zero-order valence-corrected chi connectivity index (χ0v) is 9.92. The topological polar surface area (TPSA) is 43.8 Å². The van der Waals surface area contributed by atoms with Gasteiger partial charge in [-0.2, -0.15) is 5.10 Å². The van der Waals surface area contributed by atoms with E-state index in [-0.39, 0.29) is 10.0 Å². The Morgan fingerprint density at radius 2 is 2.00 bits per heavy atom. The molecule has 0 fully saturated rings. The molecule has 0 saturated carbocycles. The van der Waals surface area contributed by atoms with Crippen LogP contribution >= 0.6 is 15.9 Å². The maximum Gasteiger partial charge on any atom is 0.173 e. The minimum atomic E-state index is -0.938. The monoisotopic (exact) mass is 287 g/mol. The number of nitrogens with zero attached hydrogens (tertiary/aromatic N) is 2. The van der Waals surface area contributed by atoms with Crippen LogP contribution in [0.2, 0.25) is 0 Å². The van der Waals surface area contributed by atoms with Crippen LogP contribution in [0.4, 0.5) is 14.6 Å². The highest BCUT2D eigenvalue weighted by Crippen LogP contribution is 2.28. The highest BCUT2D eigenvalue weighted by Gasteiger charge is 2.15. The Labute approximate surface area is 99.0 Å². The lowest BCUT2D eigenvalue weighted by Gasteiger charge is -2.01. The molecule has 84 valence electrons. The van der Waals surface area contributed by atoms with Gasteiger partial charge in [0.1, 0.15) is 5.82 Å². The molecule has 2 rings (SSSR count). The largest absolute Gasteiger partial charge is 0.384 e. The number of hydrogen-bond donors (Lipinski definition) is 1. The first kappa shape index (κ1) is 11.1. The van der Waals surface area contributed by atoms with E-state index in [1.54, 1.807) is 7.05 Å². The normalized spacial score (nSPS) is 10.8. The van der Waals surface area contributed by atoms with Crippen molar-refractivity contribution >= 4 is 21.7 Å². The van der Waals surface area contributed by atoms with Crippen molar-refractivity contribution in [1.29, 1.82) is 0 Å². The summed E-state index contributed by atoms with van der Waals surface area (Å²) in [5, 5.41) is 3.98. The van der Waals surface area contributed by atoms with Gasteiger partial charge in [0.25, 0.3) is 0 Å². The SMILES string of the molecule is Cn1nc(-c2ccc(Br)c(F)c2F)cc1N. The Morgan fingerprint density at radius 1 is 1.31 bits per heavy atom. The summed E-state index contributed by atoms with van der Waals surface area (Å²) in [5.74, 6) is -1.48. The van der Waals surface area contributed by atoms with Crippen LogP contribution in [0.1, 0.15) is 0 Å². The van der Waals surface area contributed by atoms with Crippen LogP contribution < -0.4 is 5.73 Å². The number of nitrogens with two attached hydrogens (primary N) is 1. The zero-order chi connectivity index (χ0) is 11.9. The molecular weight excluding hydrogens is 280 g/mol. The van der Waals surface area contributed by atoms with Crippen LogP contribution in [0, 0.1) is 11.6 Å². The summed E-state index contributed by atoms with van der Waals surface area (Å²) in [6.07, 6.45) is 0. The molecule has 0 radical (unpaired) electrons. The second-order valence-corrected chi connectivity index (χ2v) is 4.16. The maximum atomic E-state index is 13.6. The van der Waals surface area contributed by atoms with Crippen LogP contribution in [-0.2, 0) is 7.05 Å². The van der Waals surface area contributed by atoms with Gasteiger partial charge >= 0.3 is 0 Å². The van der Waals surface area contributed by atoms with E-state index in [1.807, 2.05) is 0 Å². The van der Waals surface area contributed by atoms with E-state index in [4.69, 9.17) is 5.73 Å². The average Bonchev–Trinajstić information content (AvgIpc) is 2.56. The number of rotatable bonds is 1. The smallest absolute Gasteiger partial charge is 0.173 e. The molecule has 0 atom stereocenters. The molecular formula is C10H8BrF2N3. The van der Waals surface area contributed by atoms with E-state index in [0.29, 0.717) is 11.5 Å². The molecule has 0 saturated heterocycles. The van der Waals surface area contributed by atoms with Gasteiger partial charge < -0.3 is 5.73 Å². The van der Waals surface area contributed by atoms with Crippen molar-refractivity contribution in [2.24, 2.45) is 7.05 Å². The summed E-state index contributed by atoms with van der Waals surface area (Å²) in [4.78, 5) is 0. The number of aryl methyl sites for hydroxylation is 1. The summed E-state index contributed by atoms with van der Waals surface area (Å²) in [6.45, 7) is 0. The lowest BCUT2D eigenvalue weighted by molar-refractivity contribution is 0.506. The van der Waals surface area contributed by atoms with E-state index >= 15 is 0 Å². The number of anilines is 1. The maximum absolute atomic E-state index is 13.6. The van der Waals surface area contributed by atoms with Crippen molar-refractivity contribution in [2.45, 2.75) is 0 Å². The third-order valence-electron chi connectivity index (χ3n) is 2.23. The molecule has 0 bridgehead atoms. The molecule has 1 aromatic carbocycles. The zero-order valence-electron chi connectivity index (χ0n) is 8.34. The van der Waals surface area contributed by atoms with Gasteiger partial charge in [-0.3, -0.25) is 4.68 Å². The second-order valence-electron chi connectivity index (χ2n) is 3.30. The van der Waals surface area contributed by atoms with Gasteiger partial charge in [0.2, 0.25) is 0 Å². The Kier molecular flexibility index (Phi) is 2.67. The van der Waals surface area contributed by atoms with Crippen LogP contribution in [0.5, 0.6) is 0 Å². The van der Waals surface area contributed by atoms with Gasteiger partial charge in [0.15, 0.2) is 11.6 Å². The molecule has 1 heterocycles. The van der Waals surface area contributed by atoms with Crippen molar-refractivity contribution in [2.75, 3.05) is 5.73 Å². The molecule has 2 N–H and O–H groups in total. The summed E-state index contributed by atoms with van der Waals surface area (Å²) < 4.78 is 28.4. The quantitative estimate of drug-likeness (QED) is 0.820. The van der Waals surface area contributed by atoms with Crippen LogP contribution in [0.15, 0.2) is 22.7 Å². The predicted molar refractivity (Wildman–Crippen MR) is 60.7 cm³/mol. The Bertz CT molecular complexity index is 532. The highest BCUT2D eigenvalue weighted by molar-refractivity contribution is 9.10. The number of hydrogen-bond acceptors (Lipinski definition) is 2. The van der Waals surface area contributed by atoms with Crippen molar-refractivity contribution < 1.29 is 8.78 Å². The van der Waals surface area contributed by atoms with Crippen molar-refractivity contribution in [3.8, 4) is 11.3 Å². The Hall–Kier alpha value is -1.43. The molecule has 0 unspecified atom stereocenters. The highest BCUT2D eigenvalue weighted by atomic mass is 79.9. The lowest BCUT2D eigenvalue weighted by atomic mass is 10.1. The number of benzene rings is 1. The molecule has 0 aliphatic heterocycles. The first-order valence-electron chi connectivity index (χ1n) is 4.44. The second kappa shape index (κ2) is 3.86. The van der Waals surface area contributed by atoms with E-state index in [1.165, 1.54) is 22.9 Å². The molecule has 3 nitrogen and oxygen atoms in total. The summed E-state index contributed by atoms with van der Waals surface area (Å²) >= 11 is 2.91. The van der Waals surface area contributed by atoms with Crippen LogP contribution in [-0.4, -0.2) is 9.78 Å². The van der Waals surface area contributed by atoms with E-state index in [0.717, 1.165) is 0 Å². The van der Waals surface area contributed by atoms with Gasteiger partial charge in [-0.25, -0.2) is 8.78 Å². The van der Waals surface area contributed by atoms with Crippen molar-refractivity contribution in [3.63, 3.8) is 0 Å². The minimum absolute atomic E-state index is 0.0812. The standard InChI is InChI=1S/C10H8BrF2N3/c1-16-8(14)4-7(15-16)5-2-3-6(11)10(13)9(5)12/h2-4H,14H2,1H3. The van der Waals surface area contributed by atoms with Crippen molar-refractivity contribution in [3.05, 3.63) is 34.3 Å². The van der Waals surface area contributed by atoms with Gasteiger partial charge in [0.05, 0.1) is 10.2 Å². The number of halogens is 3. The third kappa shape index (κ3) is 1.69. The van der Waals surface area contributed by atoms with Crippen LogP contribution in [0.25, 0.3) is 11.3 Å².